The molecule has 2 aromatic carbocycles. The van der Waals surface area contributed by atoms with Crippen LogP contribution in [-0.2, 0) is 9.53 Å². The van der Waals surface area contributed by atoms with Gasteiger partial charge in [0.2, 0.25) is 0 Å². The van der Waals surface area contributed by atoms with Gasteiger partial charge in [0.15, 0.2) is 11.1 Å². The Labute approximate surface area is 184 Å². The lowest BCUT2D eigenvalue weighted by Crippen LogP contribution is -2.28. The van der Waals surface area contributed by atoms with Crippen LogP contribution in [0.2, 0.25) is 5.02 Å². The number of amides is 2. The molecule has 1 saturated heterocycles. The molecule has 2 amide bonds. The minimum absolute atomic E-state index is 0.0687. The molecule has 6 nitrogen and oxygen atoms in total. The second kappa shape index (κ2) is 10.9. The summed E-state index contributed by atoms with van der Waals surface area (Å²) in [6, 6.07) is 15.5. The third-order valence-corrected chi connectivity index (χ3v) is 5.39. The lowest BCUT2D eigenvalue weighted by Gasteiger charge is -2.15. The van der Waals surface area contributed by atoms with Crippen molar-refractivity contribution in [2.24, 2.45) is 0 Å². The van der Waals surface area contributed by atoms with E-state index in [4.69, 9.17) is 16.3 Å². The fourth-order valence-corrected chi connectivity index (χ4v) is 3.57. The van der Waals surface area contributed by atoms with Crippen LogP contribution in [-0.4, -0.2) is 37.0 Å². The van der Waals surface area contributed by atoms with Crippen molar-refractivity contribution in [3.63, 3.8) is 0 Å². The minimum atomic E-state index is -0.528. The van der Waals surface area contributed by atoms with Crippen molar-refractivity contribution >= 4 is 34.8 Å². The summed E-state index contributed by atoms with van der Waals surface area (Å²) >= 11 is 7.25. The van der Waals surface area contributed by atoms with Crippen molar-refractivity contribution < 1.29 is 14.3 Å². The predicted molar refractivity (Wildman–Crippen MR) is 119 cm³/mol. The highest BCUT2D eigenvalue weighted by atomic mass is 35.5. The van der Waals surface area contributed by atoms with Crippen molar-refractivity contribution in [2.45, 2.75) is 12.5 Å². The normalized spacial score (nSPS) is 15.9. The molecule has 4 rings (SSSR count). The van der Waals surface area contributed by atoms with Crippen molar-refractivity contribution in [3.05, 3.63) is 75.7 Å². The standard InChI is InChI=1S/C17H16ClNO2.C5H6N2OS/c18-15-7-5-12(6-8-15)13-3-1-4-14(11-13)16-17(20)19-9-2-10-21-16;1-6-4(8)5-7-2-3-9-5/h1,3-8,11,16H,2,9-10H2,(H,19,20);2-3H,1H3,(H,6,8). The summed E-state index contributed by atoms with van der Waals surface area (Å²) in [6.45, 7) is 1.26. The van der Waals surface area contributed by atoms with Crippen molar-refractivity contribution in [1.82, 2.24) is 15.6 Å². The zero-order valence-corrected chi connectivity index (χ0v) is 18.0. The Kier molecular flexibility index (Phi) is 7.96. The first-order valence-electron chi connectivity index (χ1n) is 9.45. The van der Waals surface area contributed by atoms with Crippen LogP contribution in [0.4, 0.5) is 0 Å². The highest BCUT2D eigenvalue weighted by Gasteiger charge is 2.23. The zero-order chi connectivity index (χ0) is 21.3. The maximum Gasteiger partial charge on any atom is 0.280 e. The smallest absolute Gasteiger partial charge is 0.280 e. The van der Waals surface area contributed by atoms with E-state index in [0.29, 0.717) is 23.2 Å². The maximum absolute atomic E-state index is 12.1. The van der Waals surface area contributed by atoms with E-state index >= 15 is 0 Å². The number of halogens is 1. The molecule has 8 heteroatoms. The fraction of sp³-hybridized carbons (Fsp3) is 0.227. The van der Waals surface area contributed by atoms with Gasteiger partial charge in [0.1, 0.15) is 0 Å². The lowest BCUT2D eigenvalue weighted by atomic mass is 10.0. The summed E-state index contributed by atoms with van der Waals surface area (Å²) in [5.41, 5.74) is 2.99. The number of nitrogens with zero attached hydrogens (tertiary/aromatic N) is 1. The summed E-state index contributed by atoms with van der Waals surface area (Å²) in [5, 5.41) is 8.34. The minimum Gasteiger partial charge on any atom is -0.364 e. The highest BCUT2D eigenvalue weighted by molar-refractivity contribution is 7.11. The van der Waals surface area contributed by atoms with E-state index in [1.54, 1.807) is 18.6 Å². The monoisotopic (exact) mass is 443 g/mol. The zero-order valence-electron chi connectivity index (χ0n) is 16.4. The molecule has 156 valence electrons. The van der Waals surface area contributed by atoms with Crippen LogP contribution in [0.25, 0.3) is 11.1 Å². The third-order valence-electron chi connectivity index (χ3n) is 4.36. The van der Waals surface area contributed by atoms with E-state index < -0.39 is 6.10 Å². The largest absolute Gasteiger partial charge is 0.364 e. The van der Waals surface area contributed by atoms with Gasteiger partial charge in [-0.3, -0.25) is 9.59 Å². The summed E-state index contributed by atoms with van der Waals surface area (Å²) in [6.07, 6.45) is 1.92. The quantitative estimate of drug-likeness (QED) is 0.639. The molecule has 1 aromatic heterocycles. The Morgan fingerprint density at radius 1 is 1.23 bits per heavy atom. The molecule has 0 radical (unpaired) electrons. The van der Waals surface area contributed by atoms with Crippen LogP contribution < -0.4 is 10.6 Å². The van der Waals surface area contributed by atoms with Gasteiger partial charge in [-0.2, -0.15) is 0 Å². The van der Waals surface area contributed by atoms with Crippen LogP contribution in [0.15, 0.2) is 60.1 Å². The average Bonchev–Trinajstić information content (AvgIpc) is 3.23. The number of hydrogen-bond donors (Lipinski definition) is 2. The number of benzene rings is 2. The van der Waals surface area contributed by atoms with E-state index in [2.05, 4.69) is 15.6 Å². The maximum atomic E-state index is 12.1. The molecule has 1 aliphatic heterocycles. The number of carbonyl (C=O) groups is 2. The summed E-state index contributed by atoms with van der Waals surface area (Å²) in [4.78, 5) is 26.6. The molecule has 0 spiro atoms. The molecular formula is C22H22ClN3O3S. The average molecular weight is 444 g/mol. The number of ether oxygens (including phenoxy) is 1. The van der Waals surface area contributed by atoms with Crippen LogP contribution in [0.1, 0.15) is 27.9 Å². The Morgan fingerprint density at radius 3 is 2.73 bits per heavy atom. The molecule has 1 aliphatic rings. The van der Waals surface area contributed by atoms with Gasteiger partial charge in [-0.05, 0) is 41.3 Å². The van der Waals surface area contributed by atoms with Gasteiger partial charge in [0.05, 0.1) is 0 Å². The molecule has 30 heavy (non-hydrogen) atoms. The van der Waals surface area contributed by atoms with Gasteiger partial charge in [-0.25, -0.2) is 4.98 Å². The molecule has 2 N–H and O–H groups in total. The van der Waals surface area contributed by atoms with Crippen molar-refractivity contribution in [1.29, 1.82) is 0 Å². The predicted octanol–water partition coefficient (Wildman–Crippen LogP) is 4.09. The van der Waals surface area contributed by atoms with Crippen molar-refractivity contribution in [3.8, 4) is 11.1 Å². The Balaban J connectivity index is 0.000000239. The second-order valence-electron chi connectivity index (χ2n) is 6.44. The molecule has 1 fully saturated rings. The Bertz CT molecular complexity index is 978. The number of carbonyl (C=O) groups excluding carboxylic acids is 2. The molecule has 0 saturated carbocycles. The van der Waals surface area contributed by atoms with Crippen LogP contribution >= 0.6 is 22.9 Å². The van der Waals surface area contributed by atoms with Gasteiger partial charge in [-0.1, -0.05) is 41.9 Å². The molecule has 1 unspecified atom stereocenters. The Hall–Kier alpha value is -2.74. The van der Waals surface area contributed by atoms with Crippen LogP contribution in [0.3, 0.4) is 0 Å². The van der Waals surface area contributed by atoms with E-state index in [1.165, 1.54) is 11.3 Å². The van der Waals surface area contributed by atoms with Crippen molar-refractivity contribution in [2.75, 3.05) is 20.2 Å². The first kappa shape index (κ1) is 22.0. The third kappa shape index (κ3) is 5.89. The van der Waals surface area contributed by atoms with E-state index in [9.17, 15) is 9.59 Å². The molecule has 0 bridgehead atoms. The summed E-state index contributed by atoms with van der Waals surface area (Å²) in [5.74, 6) is -0.189. The van der Waals surface area contributed by atoms with Gasteiger partial charge < -0.3 is 15.4 Å². The molecule has 2 heterocycles. The van der Waals surface area contributed by atoms with Gasteiger partial charge >= 0.3 is 0 Å². The molecular weight excluding hydrogens is 422 g/mol. The summed E-state index contributed by atoms with van der Waals surface area (Å²) < 4.78 is 5.68. The van der Waals surface area contributed by atoms with E-state index in [0.717, 1.165) is 23.1 Å². The molecule has 0 aliphatic carbocycles. The number of thiazole rings is 1. The lowest BCUT2D eigenvalue weighted by molar-refractivity contribution is -0.131. The highest BCUT2D eigenvalue weighted by Crippen LogP contribution is 2.27. The number of rotatable bonds is 3. The number of hydrogen-bond acceptors (Lipinski definition) is 5. The molecule has 1 atom stereocenters. The first-order valence-corrected chi connectivity index (χ1v) is 10.7. The van der Waals surface area contributed by atoms with E-state index in [-0.39, 0.29) is 11.8 Å². The van der Waals surface area contributed by atoms with Gasteiger partial charge in [-0.15, -0.1) is 11.3 Å². The topological polar surface area (TPSA) is 80.3 Å². The Morgan fingerprint density at radius 2 is 2.03 bits per heavy atom. The SMILES string of the molecule is CNC(=O)c1nccs1.O=C1NCCCOC1c1cccc(-c2ccc(Cl)cc2)c1. The second-order valence-corrected chi connectivity index (χ2v) is 7.78. The van der Waals surface area contributed by atoms with Gasteiger partial charge in [0, 0.05) is 36.8 Å². The van der Waals surface area contributed by atoms with Gasteiger partial charge in [0.25, 0.3) is 11.8 Å². The molecule has 3 aromatic rings. The number of nitrogens with one attached hydrogen (secondary N) is 2. The fourth-order valence-electron chi connectivity index (χ4n) is 2.87. The first-order chi connectivity index (χ1) is 14.6. The van der Waals surface area contributed by atoms with Crippen LogP contribution in [0, 0.1) is 0 Å². The van der Waals surface area contributed by atoms with E-state index in [1.807, 2.05) is 48.5 Å². The summed E-state index contributed by atoms with van der Waals surface area (Å²) in [7, 11) is 1.59. The number of aromatic nitrogens is 1. The van der Waals surface area contributed by atoms with Crippen LogP contribution in [0.5, 0.6) is 0 Å².